The van der Waals surface area contributed by atoms with E-state index in [2.05, 4.69) is 70.6 Å². The van der Waals surface area contributed by atoms with Gasteiger partial charge in [0, 0.05) is 15.7 Å². The molecule has 0 saturated heterocycles. The smallest absolute Gasteiger partial charge is 0.199 e. The monoisotopic (exact) mass is 284 g/mol. The van der Waals surface area contributed by atoms with Crippen molar-refractivity contribution in [3.05, 3.63) is 40.1 Å². The van der Waals surface area contributed by atoms with E-state index in [1.807, 2.05) is 0 Å². The molecule has 0 unspecified atom stereocenters. The number of hydrogen-bond donors (Lipinski definition) is 0. The topological polar surface area (TPSA) is 3.88 Å². The summed E-state index contributed by atoms with van der Waals surface area (Å²) in [5.74, 6) is 0. The van der Waals surface area contributed by atoms with Crippen molar-refractivity contribution in [2.75, 3.05) is 0 Å². The number of nitrogens with zero attached hydrogens (tertiary/aromatic N) is 1. The molecular weight excluding hydrogens is 273 g/mol. The van der Waals surface area contributed by atoms with Crippen LogP contribution in [0.4, 0.5) is 0 Å². The van der Waals surface area contributed by atoms with Gasteiger partial charge in [-0.2, -0.15) is 4.57 Å². The van der Waals surface area contributed by atoms with Crippen LogP contribution in [0.1, 0.15) is 6.92 Å². The average molecular weight is 284 g/mol. The molecule has 1 heterocycles. The minimum absolute atomic E-state index is 1.03. The quantitative estimate of drug-likeness (QED) is 0.560. The molecule has 0 amide bonds. The van der Waals surface area contributed by atoms with E-state index in [1.54, 1.807) is 0 Å². The van der Waals surface area contributed by atoms with Crippen molar-refractivity contribution in [1.82, 2.24) is 0 Å². The first kappa shape index (κ1) is 8.94. The summed E-state index contributed by atoms with van der Waals surface area (Å²) >= 11 is 2.38. The van der Waals surface area contributed by atoms with Crippen molar-refractivity contribution in [2.45, 2.75) is 13.5 Å². The van der Waals surface area contributed by atoms with Crippen LogP contribution >= 0.6 is 22.6 Å². The Morgan fingerprint density at radius 3 is 2.77 bits per heavy atom. The van der Waals surface area contributed by atoms with Crippen LogP contribution in [0.2, 0.25) is 0 Å². The lowest BCUT2D eigenvalue weighted by molar-refractivity contribution is -0.667. The first-order chi connectivity index (χ1) is 6.33. The third-order valence-electron chi connectivity index (χ3n) is 2.21. The van der Waals surface area contributed by atoms with Crippen LogP contribution in [-0.4, -0.2) is 0 Å². The van der Waals surface area contributed by atoms with Gasteiger partial charge in [0.25, 0.3) is 0 Å². The predicted octanol–water partition coefficient (Wildman–Crippen LogP) is 2.75. The van der Waals surface area contributed by atoms with E-state index in [1.165, 1.54) is 14.5 Å². The Balaban J connectivity index is 2.84. The molecule has 0 aliphatic rings. The maximum absolute atomic E-state index is 2.38. The molecule has 0 N–H and O–H groups in total. The van der Waals surface area contributed by atoms with Crippen molar-refractivity contribution in [3.63, 3.8) is 0 Å². The highest BCUT2D eigenvalue weighted by molar-refractivity contribution is 14.1. The summed E-state index contributed by atoms with van der Waals surface area (Å²) in [7, 11) is 0. The van der Waals surface area contributed by atoms with Crippen LogP contribution in [0.25, 0.3) is 10.9 Å². The molecule has 0 fully saturated rings. The molecule has 1 nitrogen and oxygen atoms in total. The van der Waals surface area contributed by atoms with Gasteiger partial charge < -0.3 is 0 Å². The number of halogens is 1. The molecule has 0 saturated carbocycles. The zero-order chi connectivity index (χ0) is 9.26. The van der Waals surface area contributed by atoms with E-state index in [0.29, 0.717) is 0 Å². The van der Waals surface area contributed by atoms with Crippen molar-refractivity contribution in [1.29, 1.82) is 0 Å². The number of para-hydroxylation sites is 1. The summed E-state index contributed by atoms with van der Waals surface area (Å²) in [4.78, 5) is 0. The maximum atomic E-state index is 2.38. The number of fused-ring (bicyclic) bond motifs is 1. The van der Waals surface area contributed by atoms with Crippen molar-refractivity contribution < 1.29 is 4.57 Å². The Kier molecular flexibility index (Phi) is 2.49. The third kappa shape index (κ3) is 1.55. The lowest BCUT2D eigenvalue weighted by atomic mass is 10.2. The van der Waals surface area contributed by atoms with Gasteiger partial charge in [-0.05, 0) is 35.6 Å². The second-order valence-corrected chi connectivity index (χ2v) is 4.13. The molecule has 0 spiro atoms. The van der Waals surface area contributed by atoms with E-state index >= 15 is 0 Å². The summed E-state index contributed by atoms with van der Waals surface area (Å²) in [6, 6.07) is 10.7. The van der Waals surface area contributed by atoms with Gasteiger partial charge in [0.2, 0.25) is 5.52 Å². The van der Waals surface area contributed by atoms with E-state index in [-0.39, 0.29) is 0 Å². The molecule has 0 bridgehead atoms. The van der Waals surface area contributed by atoms with E-state index in [0.717, 1.165) is 6.54 Å². The zero-order valence-corrected chi connectivity index (χ0v) is 9.65. The minimum Gasteiger partial charge on any atom is -0.199 e. The van der Waals surface area contributed by atoms with Gasteiger partial charge in [0.05, 0.1) is 5.39 Å². The Hall–Kier alpha value is -0.640. The second kappa shape index (κ2) is 3.62. The van der Waals surface area contributed by atoms with Gasteiger partial charge in [-0.1, -0.05) is 12.1 Å². The molecule has 1 aromatic carbocycles. The highest BCUT2D eigenvalue weighted by Crippen LogP contribution is 2.16. The van der Waals surface area contributed by atoms with Crippen LogP contribution in [0.3, 0.4) is 0 Å². The molecule has 2 heteroatoms. The average Bonchev–Trinajstić information content (AvgIpc) is 2.19. The number of hydrogen-bond acceptors (Lipinski definition) is 0. The number of aromatic nitrogens is 1. The summed E-state index contributed by atoms with van der Waals surface area (Å²) < 4.78 is 3.58. The minimum atomic E-state index is 1.03. The zero-order valence-electron chi connectivity index (χ0n) is 7.50. The Bertz CT molecular complexity index is 437. The first-order valence-corrected chi connectivity index (χ1v) is 5.47. The van der Waals surface area contributed by atoms with Crippen LogP contribution in [0, 0.1) is 3.57 Å². The maximum Gasteiger partial charge on any atom is 0.213 e. The molecule has 0 aliphatic heterocycles. The highest BCUT2D eigenvalue weighted by atomic mass is 127. The standard InChI is InChI=1S/C11H11IN/c1-2-13-8-7-10(12)9-5-3-4-6-11(9)13/h3-8H,2H2,1H3/q+1. The number of aryl methyl sites for hydroxylation is 1. The second-order valence-electron chi connectivity index (χ2n) is 2.97. The van der Waals surface area contributed by atoms with Gasteiger partial charge in [0.1, 0.15) is 6.54 Å². The van der Waals surface area contributed by atoms with Crippen LogP contribution in [0.5, 0.6) is 0 Å². The molecule has 0 atom stereocenters. The summed E-state index contributed by atoms with van der Waals surface area (Å²) in [5, 5.41) is 1.34. The van der Waals surface area contributed by atoms with Gasteiger partial charge in [-0.3, -0.25) is 0 Å². The van der Waals surface area contributed by atoms with Crippen LogP contribution in [0.15, 0.2) is 36.5 Å². The van der Waals surface area contributed by atoms with Gasteiger partial charge in [-0.25, -0.2) is 0 Å². The molecule has 0 aliphatic carbocycles. The summed E-state index contributed by atoms with van der Waals surface area (Å²) in [5.41, 5.74) is 1.32. The van der Waals surface area contributed by atoms with Crippen molar-refractivity contribution in [3.8, 4) is 0 Å². The highest BCUT2D eigenvalue weighted by Gasteiger charge is 2.07. The third-order valence-corrected chi connectivity index (χ3v) is 3.15. The van der Waals surface area contributed by atoms with E-state index < -0.39 is 0 Å². The Morgan fingerprint density at radius 2 is 2.00 bits per heavy atom. The largest absolute Gasteiger partial charge is 0.213 e. The van der Waals surface area contributed by atoms with E-state index in [9.17, 15) is 0 Å². The van der Waals surface area contributed by atoms with Gasteiger partial charge in [-0.15, -0.1) is 0 Å². The molecule has 1 aromatic heterocycles. The molecule has 13 heavy (non-hydrogen) atoms. The molecular formula is C11H11IN+. The van der Waals surface area contributed by atoms with Crippen LogP contribution in [-0.2, 0) is 6.54 Å². The number of pyridine rings is 1. The molecule has 2 aromatic rings. The number of benzene rings is 1. The fourth-order valence-electron chi connectivity index (χ4n) is 1.53. The Morgan fingerprint density at radius 1 is 1.23 bits per heavy atom. The lowest BCUT2D eigenvalue weighted by Crippen LogP contribution is -2.32. The van der Waals surface area contributed by atoms with Gasteiger partial charge >= 0.3 is 0 Å². The predicted molar refractivity (Wildman–Crippen MR) is 62.5 cm³/mol. The van der Waals surface area contributed by atoms with E-state index in [4.69, 9.17) is 0 Å². The summed E-state index contributed by atoms with van der Waals surface area (Å²) in [6.45, 7) is 3.19. The van der Waals surface area contributed by atoms with Gasteiger partial charge in [0.15, 0.2) is 6.20 Å². The van der Waals surface area contributed by atoms with Crippen LogP contribution < -0.4 is 4.57 Å². The fraction of sp³-hybridized carbons (Fsp3) is 0.182. The normalized spacial score (nSPS) is 10.6. The molecule has 2 rings (SSSR count). The first-order valence-electron chi connectivity index (χ1n) is 4.39. The number of rotatable bonds is 1. The van der Waals surface area contributed by atoms with Crippen molar-refractivity contribution >= 4 is 33.5 Å². The SMILES string of the molecule is CC[n+]1ccc(I)c2ccccc21. The summed E-state index contributed by atoms with van der Waals surface area (Å²) in [6.07, 6.45) is 2.14. The molecule has 0 radical (unpaired) electrons. The fourth-order valence-corrected chi connectivity index (χ4v) is 2.14. The Labute approximate surface area is 91.5 Å². The molecule has 66 valence electrons. The van der Waals surface area contributed by atoms with Crippen molar-refractivity contribution in [2.24, 2.45) is 0 Å². The lowest BCUT2D eigenvalue weighted by Gasteiger charge is -1.99.